The predicted octanol–water partition coefficient (Wildman–Crippen LogP) is 1.00. The summed E-state index contributed by atoms with van der Waals surface area (Å²) in [5.74, 6) is 0. The van der Waals surface area contributed by atoms with Gasteiger partial charge in [0.05, 0.1) is 22.1 Å². The lowest BCUT2D eigenvalue weighted by Crippen LogP contribution is -2.26. The minimum atomic E-state index is -3.08. The molecule has 0 radical (unpaired) electrons. The van der Waals surface area contributed by atoms with Crippen LogP contribution in [0.5, 0.6) is 0 Å². The zero-order valence-electron chi connectivity index (χ0n) is 11.5. The second kappa shape index (κ2) is 7.37. The SMILES string of the molecule is CCn1nc(C)c(Br)c1CNCCCNS(C)(=O)=O. The molecule has 0 atom stereocenters. The highest BCUT2D eigenvalue weighted by Gasteiger charge is 2.11. The van der Waals surface area contributed by atoms with Gasteiger partial charge in [-0.3, -0.25) is 4.68 Å². The van der Waals surface area contributed by atoms with Gasteiger partial charge in [-0.1, -0.05) is 0 Å². The molecule has 0 saturated carbocycles. The van der Waals surface area contributed by atoms with E-state index in [1.807, 2.05) is 11.6 Å². The third-order valence-electron chi connectivity index (χ3n) is 2.64. The molecular weight excluding hydrogens is 332 g/mol. The van der Waals surface area contributed by atoms with E-state index >= 15 is 0 Å². The normalized spacial score (nSPS) is 12.0. The molecule has 6 nitrogen and oxygen atoms in total. The first-order valence-corrected chi connectivity index (χ1v) is 8.90. The zero-order valence-corrected chi connectivity index (χ0v) is 13.9. The van der Waals surface area contributed by atoms with Crippen molar-refractivity contribution in [1.29, 1.82) is 0 Å². The van der Waals surface area contributed by atoms with Crippen LogP contribution in [-0.2, 0) is 23.1 Å². The van der Waals surface area contributed by atoms with Gasteiger partial charge in [0.2, 0.25) is 10.0 Å². The quantitative estimate of drug-likeness (QED) is 0.684. The summed E-state index contributed by atoms with van der Waals surface area (Å²) in [6.07, 6.45) is 1.92. The summed E-state index contributed by atoms with van der Waals surface area (Å²) >= 11 is 3.54. The van der Waals surface area contributed by atoms with Crippen molar-refractivity contribution >= 4 is 26.0 Å². The Hall–Kier alpha value is -0.440. The van der Waals surface area contributed by atoms with E-state index in [1.165, 1.54) is 6.26 Å². The molecule has 110 valence electrons. The molecule has 1 aromatic heterocycles. The number of rotatable bonds is 8. The molecule has 0 aliphatic carbocycles. The first kappa shape index (κ1) is 16.6. The minimum absolute atomic E-state index is 0.457. The number of aromatic nitrogens is 2. The highest BCUT2D eigenvalue weighted by Crippen LogP contribution is 2.20. The maximum absolute atomic E-state index is 10.9. The van der Waals surface area contributed by atoms with Crippen molar-refractivity contribution in [2.24, 2.45) is 0 Å². The van der Waals surface area contributed by atoms with E-state index in [0.717, 1.165) is 35.4 Å². The molecule has 19 heavy (non-hydrogen) atoms. The van der Waals surface area contributed by atoms with E-state index in [2.05, 4.69) is 38.0 Å². The zero-order chi connectivity index (χ0) is 14.5. The fourth-order valence-electron chi connectivity index (χ4n) is 1.72. The van der Waals surface area contributed by atoms with Crippen LogP contribution in [0.3, 0.4) is 0 Å². The highest BCUT2D eigenvalue weighted by molar-refractivity contribution is 9.10. The number of hydrogen-bond acceptors (Lipinski definition) is 4. The number of nitrogens with zero attached hydrogens (tertiary/aromatic N) is 2. The van der Waals surface area contributed by atoms with E-state index < -0.39 is 10.0 Å². The smallest absolute Gasteiger partial charge is 0.208 e. The second-order valence-corrected chi connectivity index (χ2v) is 6.98. The van der Waals surface area contributed by atoms with E-state index in [-0.39, 0.29) is 0 Å². The van der Waals surface area contributed by atoms with E-state index in [0.29, 0.717) is 13.1 Å². The summed E-state index contributed by atoms with van der Waals surface area (Å²) in [6.45, 7) is 6.78. The summed E-state index contributed by atoms with van der Waals surface area (Å²) in [5, 5.41) is 7.71. The van der Waals surface area contributed by atoms with Gasteiger partial charge in [-0.2, -0.15) is 5.10 Å². The van der Waals surface area contributed by atoms with Crippen molar-refractivity contribution in [3.05, 3.63) is 15.9 Å². The van der Waals surface area contributed by atoms with Crippen molar-refractivity contribution < 1.29 is 8.42 Å². The maximum Gasteiger partial charge on any atom is 0.208 e. The van der Waals surface area contributed by atoms with Crippen LogP contribution in [0.1, 0.15) is 24.7 Å². The van der Waals surface area contributed by atoms with Gasteiger partial charge in [-0.05, 0) is 42.7 Å². The Morgan fingerprint density at radius 1 is 1.37 bits per heavy atom. The number of sulfonamides is 1. The monoisotopic (exact) mass is 352 g/mol. The molecule has 0 fully saturated rings. The molecule has 1 aromatic rings. The van der Waals surface area contributed by atoms with Crippen molar-refractivity contribution in [2.75, 3.05) is 19.3 Å². The molecule has 8 heteroatoms. The van der Waals surface area contributed by atoms with Crippen LogP contribution in [0.2, 0.25) is 0 Å². The van der Waals surface area contributed by atoms with Crippen LogP contribution < -0.4 is 10.0 Å². The van der Waals surface area contributed by atoms with Crippen molar-refractivity contribution in [3.8, 4) is 0 Å². The molecule has 0 amide bonds. The van der Waals surface area contributed by atoms with Crippen LogP contribution in [0, 0.1) is 6.92 Å². The topological polar surface area (TPSA) is 76.0 Å². The lowest BCUT2D eigenvalue weighted by molar-refractivity contribution is 0.561. The number of hydrogen-bond donors (Lipinski definition) is 2. The maximum atomic E-state index is 10.9. The van der Waals surface area contributed by atoms with Gasteiger partial charge in [0.1, 0.15) is 0 Å². The Morgan fingerprint density at radius 2 is 2.05 bits per heavy atom. The summed E-state index contributed by atoms with van der Waals surface area (Å²) in [5.41, 5.74) is 2.11. The summed E-state index contributed by atoms with van der Waals surface area (Å²) in [7, 11) is -3.08. The molecule has 0 aliphatic heterocycles. The van der Waals surface area contributed by atoms with Crippen LogP contribution >= 0.6 is 15.9 Å². The first-order valence-electron chi connectivity index (χ1n) is 6.22. The minimum Gasteiger partial charge on any atom is -0.311 e. The van der Waals surface area contributed by atoms with Gasteiger partial charge in [0.25, 0.3) is 0 Å². The van der Waals surface area contributed by atoms with Crippen LogP contribution in [-0.4, -0.2) is 37.5 Å². The fourth-order valence-corrected chi connectivity index (χ4v) is 2.65. The van der Waals surface area contributed by atoms with Crippen molar-refractivity contribution in [2.45, 2.75) is 33.4 Å². The number of halogens is 1. The van der Waals surface area contributed by atoms with E-state index in [1.54, 1.807) is 0 Å². The average Bonchev–Trinajstić information content (AvgIpc) is 2.59. The molecule has 0 bridgehead atoms. The molecule has 0 unspecified atom stereocenters. The molecule has 0 saturated heterocycles. The van der Waals surface area contributed by atoms with Gasteiger partial charge in [-0.25, -0.2) is 13.1 Å². The van der Waals surface area contributed by atoms with Crippen molar-refractivity contribution in [3.63, 3.8) is 0 Å². The molecule has 1 rings (SSSR count). The largest absolute Gasteiger partial charge is 0.311 e. The third kappa shape index (κ3) is 5.60. The van der Waals surface area contributed by atoms with Gasteiger partial charge < -0.3 is 5.32 Å². The van der Waals surface area contributed by atoms with Gasteiger partial charge >= 0.3 is 0 Å². The lowest BCUT2D eigenvalue weighted by Gasteiger charge is -2.07. The Labute approximate surface area is 123 Å². The predicted molar refractivity (Wildman–Crippen MR) is 79.5 cm³/mol. The second-order valence-electron chi connectivity index (χ2n) is 4.36. The highest BCUT2D eigenvalue weighted by atomic mass is 79.9. The Balaban J connectivity index is 2.34. The first-order chi connectivity index (χ1) is 8.85. The van der Waals surface area contributed by atoms with Crippen molar-refractivity contribution in [1.82, 2.24) is 19.8 Å². The van der Waals surface area contributed by atoms with Gasteiger partial charge in [-0.15, -0.1) is 0 Å². The standard InChI is InChI=1S/C11H21BrN4O2S/c1-4-16-10(11(12)9(2)15-16)8-13-6-5-7-14-19(3,17)18/h13-14H,4-8H2,1-3H3. The molecule has 0 spiro atoms. The Kier molecular flexibility index (Phi) is 6.45. The molecule has 0 aliphatic rings. The van der Waals surface area contributed by atoms with Crippen LogP contribution in [0.25, 0.3) is 0 Å². The molecule has 0 aromatic carbocycles. The third-order valence-corrected chi connectivity index (χ3v) is 4.40. The summed E-state index contributed by atoms with van der Waals surface area (Å²) in [6, 6.07) is 0. The fraction of sp³-hybridized carbons (Fsp3) is 0.727. The molecular formula is C11H21BrN4O2S. The average molecular weight is 353 g/mol. The lowest BCUT2D eigenvalue weighted by atomic mass is 10.3. The Bertz CT molecular complexity index is 513. The molecule has 1 heterocycles. The van der Waals surface area contributed by atoms with E-state index in [9.17, 15) is 8.42 Å². The Morgan fingerprint density at radius 3 is 2.63 bits per heavy atom. The van der Waals surface area contributed by atoms with Gasteiger partial charge in [0.15, 0.2) is 0 Å². The summed E-state index contributed by atoms with van der Waals surface area (Å²) < 4.78 is 27.2. The van der Waals surface area contributed by atoms with E-state index in [4.69, 9.17) is 0 Å². The molecule has 2 N–H and O–H groups in total. The number of aryl methyl sites for hydroxylation is 2. The number of nitrogens with one attached hydrogen (secondary N) is 2. The van der Waals surface area contributed by atoms with Crippen LogP contribution in [0.4, 0.5) is 0 Å². The van der Waals surface area contributed by atoms with Gasteiger partial charge in [0, 0.05) is 19.6 Å². The van der Waals surface area contributed by atoms with Crippen LogP contribution in [0.15, 0.2) is 4.47 Å². The summed E-state index contributed by atoms with van der Waals surface area (Å²) in [4.78, 5) is 0.